The Morgan fingerprint density at radius 2 is 1.81 bits per heavy atom. The van der Waals surface area contributed by atoms with Crippen molar-refractivity contribution in [3.05, 3.63) is 77.8 Å². The molecule has 0 unspecified atom stereocenters. The monoisotopic (exact) mass is 365 g/mol. The zero-order chi connectivity index (χ0) is 17.9. The van der Waals surface area contributed by atoms with E-state index >= 15 is 0 Å². The van der Waals surface area contributed by atoms with Crippen LogP contribution in [0.2, 0.25) is 0 Å². The smallest absolute Gasteiger partial charge is 0.294 e. The summed E-state index contributed by atoms with van der Waals surface area (Å²) in [5.41, 5.74) is 2.42. The molecule has 128 valence electrons. The second-order valence-corrected chi connectivity index (χ2v) is 6.25. The van der Waals surface area contributed by atoms with E-state index in [1.165, 1.54) is 29.7 Å². The summed E-state index contributed by atoms with van der Waals surface area (Å²) in [5.74, 6) is -0.607. The van der Waals surface area contributed by atoms with E-state index in [0.717, 1.165) is 5.56 Å². The minimum absolute atomic E-state index is 0.116. The van der Waals surface area contributed by atoms with Gasteiger partial charge in [-0.1, -0.05) is 35.5 Å². The summed E-state index contributed by atoms with van der Waals surface area (Å²) in [6.45, 7) is 0. The van der Waals surface area contributed by atoms with E-state index in [0.29, 0.717) is 22.0 Å². The molecular formula is C19H12FN3O2S. The van der Waals surface area contributed by atoms with Crippen LogP contribution in [0.3, 0.4) is 0 Å². The number of thiazole rings is 1. The lowest BCUT2D eigenvalue weighted by Crippen LogP contribution is -2.11. The first-order chi connectivity index (χ1) is 12.7. The van der Waals surface area contributed by atoms with Crippen molar-refractivity contribution in [3.8, 4) is 21.8 Å². The van der Waals surface area contributed by atoms with Crippen molar-refractivity contribution >= 4 is 22.9 Å². The molecule has 0 aliphatic rings. The number of rotatable bonds is 4. The topological polar surface area (TPSA) is 68.0 Å². The highest BCUT2D eigenvalue weighted by Crippen LogP contribution is 2.33. The summed E-state index contributed by atoms with van der Waals surface area (Å²) in [7, 11) is 0. The van der Waals surface area contributed by atoms with Gasteiger partial charge in [0.2, 0.25) is 5.76 Å². The molecule has 26 heavy (non-hydrogen) atoms. The maximum absolute atomic E-state index is 14.0. The van der Waals surface area contributed by atoms with Gasteiger partial charge in [0.25, 0.3) is 5.91 Å². The summed E-state index contributed by atoms with van der Waals surface area (Å²) < 4.78 is 18.9. The second-order valence-electron chi connectivity index (χ2n) is 5.39. The number of aromatic nitrogens is 2. The molecule has 0 aliphatic heterocycles. The van der Waals surface area contributed by atoms with Crippen molar-refractivity contribution in [1.29, 1.82) is 0 Å². The molecule has 4 rings (SSSR count). The third kappa shape index (κ3) is 3.12. The fourth-order valence-corrected chi connectivity index (χ4v) is 3.33. The molecule has 1 N–H and O–H groups in total. The van der Waals surface area contributed by atoms with Crippen molar-refractivity contribution in [2.24, 2.45) is 0 Å². The highest BCUT2D eigenvalue weighted by Gasteiger charge is 2.15. The molecule has 0 spiro atoms. The largest absolute Gasteiger partial charge is 0.351 e. The molecule has 4 aromatic rings. The molecule has 2 aromatic heterocycles. The number of nitrogens with one attached hydrogen (secondary N) is 1. The maximum atomic E-state index is 14.0. The minimum Gasteiger partial charge on any atom is -0.351 e. The van der Waals surface area contributed by atoms with Gasteiger partial charge >= 0.3 is 0 Å². The Morgan fingerprint density at radius 3 is 2.58 bits per heavy atom. The Hall–Kier alpha value is -3.32. The van der Waals surface area contributed by atoms with Crippen LogP contribution in [0.4, 0.5) is 10.1 Å². The van der Waals surface area contributed by atoms with Crippen LogP contribution in [0.15, 0.2) is 70.7 Å². The first-order valence-corrected chi connectivity index (χ1v) is 8.62. The molecule has 0 saturated heterocycles. The summed E-state index contributed by atoms with van der Waals surface area (Å²) in [6.07, 6.45) is 1.40. The quantitative estimate of drug-likeness (QED) is 0.561. The van der Waals surface area contributed by atoms with Crippen LogP contribution in [0.5, 0.6) is 0 Å². The number of nitrogens with zero attached hydrogens (tertiary/aromatic N) is 2. The highest BCUT2D eigenvalue weighted by molar-refractivity contribution is 7.13. The third-order valence-corrected chi connectivity index (χ3v) is 4.60. The lowest BCUT2D eigenvalue weighted by atomic mass is 10.1. The van der Waals surface area contributed by atoms with E-state index in [-0.39, 0.29) is 11.6 Å². The van der Waals surface area contributed by atoms with Crippen LogP contribution >= 0.6 is 11.3 Å². The normalized spacial score (nSPS) is 10.7. The van der Waals surface area contributed by atoms with Gasteiger partial charge in [-0.3, -0.25) is 4.79 Å². The molecular weight excluding hydrogens is 353 g/mol. The second kappa shape index (κ2) is 6.89. The molecule has 0 atom stereocenters. The summed E-state index contributed by atoms with van der Waals surface area (Å²) in [5, 5.41) is 8.73. The molecule has 0 aliphatic carbocycles. The summed E-state index contributed by atoms with van der Waals surface area (Å²) >= 11 is 1.34. The Balaban J connectivity index is 1.67. The van der Waals surface area contributed by atoms with Gasteiger partial charge in [-0.2, -0.15) is 0 Å². The highest BCUT2D eigenvalue weighted by atomic mass is 32.1. The number of hydrogen-bond donors (Lipinski definition) is 1. The van der Waals surface area contributed by atoms with Crippen molar-refractivity contribution in [3.63, 3.8) is 0 Å². The van der Waals surface area contributed by atoms with Gasteiger partial charge in [-0.15, -0.1) is 11.3 Å². The lowest BCUT2D eigenvalue weighted by molar-refractivity contribution is 0.0988. The molecule has 1 amide bonds. The van der Waals surface area contributed by atoms with Crippen molar-refractivity contribution < 1.29 is 13.7 Å². The number of carbonyl (C=O) groups excluding carboxylic acids is 1. The molecule has 2 aromatic carbocycles. The van der Waals surface area contributed by atoms with E-state index in [9.17, 15) is 9.18 Å². The fourth-order valence-electron chi connectivity index (χ4n) is 2.49. The lowest BCUT2D eigenvalue weighted by Gasteiger charge is -2.08. The molecule has 0 radical (unpaired) electrons. The van der Waals surface area contributed by atoms with E-state index in [1.807, 2.05) is 23.6 Å². The zero-order valence-corrected chi connectivity index (χ0v) is 14.2. The molecule has 0 saturated carbocycles. The Labute approximate surface area is 152 Å². The average Bonchev–Trinajstić information content (AvgIpc) is 3.35. The van der Waals surface area contributed by atoms with E-state index < -0.39 is 5.91 Å². The van der Waals surface area contributed by atoms with Gasteiger partial charge in [0, 0.05) is 22.6 Å². The zero-order valence-electron chi connectivity index (χ0n) is 13.3. The number of carbonyl (C=O) groups is 1. The average molecular weight is 365 g/mol. The Morgan fingerprint density at radius 1 is 1.04 bits per heavy atom. The van der Waals surface area contributed by atoms with Crippen LogP contribution in [0.25, 0.3) is 21.8 Å². The van der Waals surface area contributed by atoms with E-state index in [2.05, 4.69) is 15.5 Å². The fraction of sp³-hybridized carbons (Fsp3) is 0. The molecule has 0 fully saturated rings. The van der Waals surface area contributed by atoms with Gasteiger partial charge in [0.15, 0.2) is 0 Å². The van der Waals surface area contributed by atoms with Crippen molar-refractivity contribution in [2.45, 2.75) is 0 Å². The first kappa shape index (κ1) is 16.2. The van der Waals surface area contributed by atoms with E-state index in [4.69, 9.17) is 4.52 Å². The number of para-hydroxylation sites is 1. The number of anilines is 1. The Kier molecular flexibility index (Phi) is 4.28. The van der Waals surface area contributed by atoms with Crippen LogP contribution in [0, 0.1) is 5.82 Å². The van der Waals surface area contributed by atoms with Gasteiger partial charge in [0.05, 0.1) is 17.6 Å². The van der Waals surface area contributed by atoms with Crippen molar-refractivity contribution in [2.75, 3.05) is 5.32 Å². The first-order valence-electron chi connectivity index (χ1n) is 7.74. The van der Waals surface area contributed by atoms with E-state index in [1.54, 1.807) is 24.3 Å². The van der Waals surface area contributed by atoms with Crippen LogP contribution < -0.4 is 5.32 Å². The van der Waals surface area contributed by atoms with Crippen LogP contribution in [-0.2, 0) is 0 Å². The standard InChI is InChI=1S/C19H12FN3O2S/c20-14-7-3-1-5-12(14)19-23-16(11-26-19)13-6-2-4-8-15(13)22-18(24)17-9-10-21-25-17/h1-11H,(H,22,24). The minimum atomic E-state index is -0.403. The van der Waals surface area contributed by atoms with Gasteiger partial charge in [-0.25, -0.2) is 9.37 Å². The van der Waals surface area contributed by atoms with Gasteiger partial charge < -0.3 is 9.84 Å². The maximum Gasteiger partial charge on any atom is 0.294 e. The van der Waals surface area contributed by atoms with Gasteiger partial charge in [0.1, 0.15) is 10.8 Å². The van der Waals surface area contributed by atoms with Crippen molar-refractivity contribution in [1.82, 2.24) is 10.1 Å². The predicted octanol–water partition coefficient (Wildman–Crippen LogP) is 4.86. The number of hydrogen-bond acceptors (Lipinski definition) is 5. The molecule has 0 bridgehead atoms. The number of amides is 1. The number of halogens is 1. The number of benzene rings is 2. The molecule has 5 nitrogen and oxygen atoms in total. The van der Waals surface area contributed by atoms with Gasteiger partial charge in [-0.05, 0) is 18.2 Å². The summed E-state index contributed by atoms with van der Waals surface area (Å²) in [4.78, 5) is 16.8. The van der Waals surface area contributed by atoms with Crippen LogP contribution in [-0.4, -0.2) is 16.0 Å². The summed E-state index contributed by atoms with van der Waals surface area (Å²) in [6, 6.07) is 15.3. The Bertz CT molecular complexity index is 1060. The SMILES string of the molecule is O=C(Nc1ccccc1-c1csc(-c2ccccc2F)n1)c1ccno1. The predicted molar refractivity (Wildman–Crippen MR) is 97.4 cm³/mol. The molecule has 2 heterocycles. The third-order valence-electron chi connectivity index (χ3n) is 3.72. The van der Waals surface area contributed by atoms with Crippen LogP contribution in [0.1, 0.15) is 10.6 Å². The molecule has 7 heteroatoms.